The van der Waals surface area contributed by atoms with Crippen LogP contribution < -0.4 is 20.5 Å². The highest BCUT2D eigenvalue weighted by molar-refractivity contribution is 5.98. The standard InChI is InChI=1S/C27H37N3O4.C2HF3O2/c1-5-19(6-2)12-14-23(31)22(16-20-10-8-7-9-11-20)29-27(28)30-26(32)18-21-13-15-24(33-3)25(17-21)34-4;3-2(4,5)1(6)7/h7-11,13,15,17,19,22H,5-6,12,14,16,18H2,1-4H3,(H3,28,29,30,32);(H,6,7)/t22-;/m1./s1. The lowest BCUT2D eigenvalue weighted by Crippen LogP contribution is -2.40. The van der Waals surface area contributed by atoms with E-state index >= 15 is 0 Å². The molecule has 0 radical (unpaired) electrons. The van der Waals surface area contributed by atoms with E-state index in [1.807, 2.05) is 30.3 Å². The van der Waals surface area contributed by atoms with Crippen molar-refractivity contribution in [3.8, 4) is 11.5 Å². The van der Waals surface area contributed by atoms with Crippen LogP contribution in [0.4, 0.5) is 13.2 Å². The third-order valence-corrected chi connectivity index (χ3v) is 6.21. The molecule has 226 valence electrons. The fraction of sp³-hybridized carbons (Fsp3) is 0.448. The minimum atomic E-state index is -5.08. The summed E-state index contributed by atoms with van der Waals surface area (Å²) in [6.45, 7) is 4.29. The third kappa shape index (κ3) is 13.2. The van der Waals surface area contributed by atoms with Gasteiger partial charge in [0, 0.05) is 12.8 Å². The van der Waals surface area contributed by atoms with E-state index in [0.29, 0.717) is 30.3 Å². The van der Waals surface area contributed by atoms with Crippen LogP contribution in [-0.2, 0) is 27.2 Å². The number of methoxy groups -OCH3 is 2. The van der Waals surface area contributed by atoms with Crippen molar-refractivity contribution in [3.05, 3.63) is 59.7 Å². The topological polar surface area (TPSA) is 140 Å². The van der Waals surface area contributed by atoms with Crippen LogP contribution in [0, 0.1) is 5.92 Å². The summed E-state index contributed by atoms with van der Waals surface area (Å²) in [4.78, 5) is 38.9. The maximum absolute atomic E-state index is 13.0. The van der Waals surface area contributed by atoms with Gasteiger partial charge in [-0.25, -0.2) is 9.79 Å². The monoisotopic (exact) mass is 581 g/mol. The molecule has 2 aromatic rings. The molecule has 0 aliphatic rings. The van der Waals surface area contributed by atoms with E-state index in [4.69, 9.17) is 25.1 Å². The molecule has 9 nitrogen and oxygen atoms in total. The molecule has 1 atom stereocenters. The van der Waals surface area contributed by atoms with E-state index in [1.54, 1.807) is 32.4 Å². The number of aliphatic carboxylic acids is 1. The van der Waals surface area contributed by atoms with E-state index in [0.717, 1.165) is 30.4 Å². The van der Waals surface area contributed by atoms with Gasteiger partial charge in [0.05, 0.1) is 20.6 Å². The number of guanidine groups is 1. The van der Waals surface area contributed by atoms with Gasteiger partial charge in [0.25, 0.3) is 0 Å². The van der Waals surface area contributed by atoms with Gasteiger partial charge in [-0.3, -0.25) is 14.9 Å². The fourth-order valence-corrected chi connectivity index (χ4v) is 3.84. The average Bonchev–Trinajstić information content (AvgIpc) is 2.93. The lowest BCUT2D eigenvalue weighted by molar-refractivity contribution is -0.192. The van der Waals surface area contributed by atoms with Crippen molar-refractivity contribution < 1.29 is 42.1 Å². The molecule has 2 rings (SSSR count). The number of nitrogens with zero attached hydrogens (tertiary/aromatic N) is 1. The molecule has 0 spiro atoms. The number of nitrogens with two attached hydrogens (primary N) is 1. The molecule has 12 heteroatoms. The molecule has 0 heterocycles. The molecule has 0 saturated carbocycles. The Morgan fingerprint density at radius 2 is 1.56 bits per heavy atom. The van der Waals surface area contributed by atoms with Crippen molar-refractivity contribution in [3.63, 3.8) is 0 Å². The zero-order valence-corrected chi connectivity index (χ0v) is 23.7. The Kier molecular flexibility index (Phi) is 15.0. The Labute approximate surface area is 237 Å². The summed E-state index contributed by atoms with van der Waals surface area (Å²) >= 11 is 0. The quantitative estimate of drug-likeness (QED) is 0.230. The third-order valence-electron chi connectivity index (χ3n) is 6.21. The number of halogens is 3. The van der Waals surface area contributed by atoms with Gasteiger partial charge >= 0.3 is 12.1 Å². The van der Waals surface area contributed by atoms with E-state index < -0.39 is 18.2 Å². The highest BCUT2D eigenvalue weighted by atomic mass is 19.4. The second-order valence-electron chi connectivity index (χ2n) is 9.12. The van der Waals surface area contributed by atoms with Crippen molar-refractivity contribution in [2.24, 2.45) is 16.6 Å². The number of carboxylic acid groups (broad SMARTS) is 1. The zero-order chi connectivity index (χ0) is 31.0. The van der Waals surface area contributed by atoms with Crippen LogP contribution in [0.1, 0.15) is 50.7 Å². The van der Waals surface area contributed by atoms with Gasteiger partial charge in [-0.2, -0.15) is 13.2 Å². The molecule has 0 saturated heterocycles. The van der Waals surface area contributed by atoms with Crippen LogP contribution in [-0.4, -0.2) is 55.2 Å². The normalized spacial score (nSPS) is 12.1. The molecule has 0 aliphatic heterocycles. The number of rotatable bonds is 13. The molecule has 41 heavy (non-hydrogen) atoms. The second-order valence-corrected chi connectivity index (χ2v) is 9.12. The summed E-state index contributed by atoms with van der Waals surface area (Å²) in [5.74, 6) is -1.45. The van der Waals surface area contributed by atoms with Crippen LogP contribution in [0.15, 0.2) is 53.5 Å². The molecule has 0 bridgehead atoms. The van der Waals surface area contributed by atoms with Crippen molar-refractivity contribution in [2.75, 3.05) is 14.2 Å². The Balaban J connectivity index is 0.00000106. The predicted octanol–water partition coefficient (Wildman–Crippen LogP) is 4.71. The first-order valence-electron chi connectivity index (χ1n) is 13.0. The smallest absolute Gasteiger partial charge is 0.490 e. The number of aliphatic imine (C=N–C) groups is 1. The number of benzene rings is 2. The number of hydrogen-bond acceptors (Lipinski definition) is 6. The SMILES string of the molecule is CCC(CC)CCC(=O)[C@@H](Cc1ccccc1)N=C(N)NC(=O)Cc1ccc(OC)c(OC)c1.O=C(O)C(F)(F)F. The number of carbonyl (C=O) groups is 3. The number of ether oxygens (including phenoxy) is 2. The first kappa shape index (κ1) is 34.9. The maximum Gasteiger partial charge on any atom is 0.490 e. The molecular weight excluding hydrogens is 543 g/mol. The zero-order valence-electron chi connectivity index (χ0n) is 23.7. The molecule has 0 unspecified atom stereocenters. The Morgan fingerprint density at radius 1 is 0.976 bits per heavy atom. The van der Waals surface area contributed by atoms with Crippen molar-refractivity contribution in [1.29, 1.82) is 0 Å². The van der Waals surface area contributed by atoms with E-state index in [-0.39, 0.29) is 24.1 Å². The highest BCUT2D eigenvalue weighted by Gasteiger charge is 2.38. The number of carbonyl (C=O) groups excluding carboxylic acids is 2. The Bertz CT molecular complexity index is 1150. The summed E-state index contributed by atoms with van der Waals surface area (Å²) in [5, 5.41) is 9.74. The number of ketones is 1. The molecule has 0 aromatic heterocycles. The molecule has 2 aromatic carbocycles. The summed E-state index contributed by atoms with van der Waals surface area (Å²) in [5.41, 5.74) is 7.79. The first-order chi connectivity index (χ1) is 19.3. The molecule has 0 aliphatic carbocycles. The van der Waals surface area contributed by atoms with Gasteiger partial charge in [-0.1, -0.05) is 63.1 Å². The highest BCUT2D eigenvalue weighted by Crippen LogP contribution is 2.27. The maximum atomic E-state index is 13.0. The van der Waals surface area contributed by atoms with Crippen LogP contribution in [0.2, 0.25) is 0 Å². The lowest BCUT2D eigenvalue weighted by atomic mass is 9.93. The van der Waals surface area contributed by atoms with E-state index in [1.165, 1.54) is 0 Å². The summed E-state index contributed by atoms with van der Waals surface area (Å²) < 4.78 is 42.3. The van der Waals surface area contributed by atoms with Gasteiger partial charge in [0.2, 0.25) is 5.91 Å². The van der Waals surface area contributed by atoms with Gasteiger partial charge < -0.3 is 20.3 Å². The van der Waals surface area contributed by atoms with Gasteiger partial charge in [0.1, 0.15) is 6.04 Å². The first-order valence-corrected chi connectivity index (χ1v) is 13.0. The van der Waals surface area contributed by atoms with E-state index in [9.17, 15) is 22.8 Å². The minimum absolute atomic E-state index is 0.0350. The molecule has 4 N–H and O–H groups in total. The van der Waals surface area contributed by atoms with Gasteiger partial charge in [0.15, 0.2) is 23.2 Å². The van der Waals surface area contributed by atoms with Gasteiger partial charge in [-0.05, 0) is 35.6 Å². The molecule has 0 fully saturated rings. The minimum Gasteiger partial charge on any atom is -0.493 e. The predicted molar refractivity (Wildman–Crippen MR) is 149 cm³/mol. The Morgan fingerprint density at radius 3 is 2.07 bits per heavy atom. The summed E-state index contributed by atoms with van der Waals surface area (Å²) in [7, 11) is 3.10. The van der Waals surface area contributed by atoms with Crippen LogP contribution in [0.3, 0.4) is 0 Å². The second kappa shape index (κ2) is 17.6. The van der Waals surface area contributed by atoms with Crippen molar-refractivity contribution in [1.82, 2.24) is 5.32 Å². The Hall–Kier alpha value is -4.09. The largest absolute Gasteiger partial charge is 0.493 e. The lowest BCUT2D eigenvalue weighted by Gasteiger charge is -2.16. The fourth-order valence-electron chi connectivity index (χ4n) is 3.84. The number of amides is 1. The molecule has 1 amide bonds. The number of nitrogens with one attached hydrogen (secondary N) is 1. The number of alkyl halides is 3. The number of carboxylic acids is 1. The average molecular weight is 582 g/mol. The van der Waals surface area contributed by atoms with Gasteiger partial charge in [-0.15, -0.1) is 0 Å². The number of hydrogen-bond donors (Lipinski definition) is 3. The van der Waals surface area contributed by atoms with Crippen LogP contribution in [0.5, 0.6) is 11.5 Å². The van der Waals surface area contributed by atoms with Crippen LogP contribution >= 0.6 is 0 Å². The van der Waals surface area contributed by atoms with Crippen molar-refractivity contribution >= 4 is 23.6 Å². The number of Topliss-reactive ketones (excluding diaryl/α,β-unsaturated/α-hetero) is 1. The van der Waals surface area contributed by atoms with Crippen LogP contribution in [0.25, 0.3) is 0 Å². The van der Waals surface area contributed by atoms with Crippen molar-refractivity contribution in [2.45, 2.75) is 64.6 Å². The molecular formula is C29H38F3N3O6. The summed E-state index contributed by atoms with van der Waals surface area (Å²) in [6.07, 6.45) is -1.19. The van der Waals surface area contributed by atoms with E-state index in [2.05, 4.69) is 24.2 Å². The summed E-state index contributed by atoms with van der Waals surface area (Å²) in [6, 6.07) is 14.3.